The molecular formula is C8H10BNO3S. The van der Waals surface area contributed by atoms with Crippen LogP contribution in [0, 0.1) is 0 Å². The SMILES string of the molecule is BC(=O)N[C@H](Cc1cccs1)C(=O)O. The lowest BCUT2D eigenvalue weighted by Crippen LogP contribution is -2.41. The first-order valence-corrected chi connectivity index (χ1v) is 5.00. The van der Waals surface area contributed by atoms with Crippen LogP contribution in [0.1, 0.15) is 4.88 Å². The molecule has 2 N–H and O–H groups in total. The van der Waals surface area contributed by atoms with E-state index in [0.717, 1.165) is 4.88 Å². The largest absolute Gasteiger partial charge is 0.480 e. The minimum atomic E-state index is -1.01. The number of carboxylic acid groups (broad SMARTS) is 1. The summed E-state index contributed by atoms with van der Waals surface area (Å²) in [5.41, 5.74) is 0. The van der Waals surface area contributed by atoms with Gasteiger partial charge in [-0.25, -0.2) is 4.79 Å². The van der Waals surface area contributed by atoms with Gasteiger partial charge in [0.2, 0.25) is 7.85 Å². The predicted molar refractivity (Wildman–Crippen MR) is 56.5 cm³/mol. The first kappa shape index (κ1) is 10.8. The van der Waals surface area contributed by atoms with Crippen molar-refractivity contribution < 1.29 is 14.7 Å². The summed E-state index contributed by atoms with van der Waals surface area (Å²) in [4.78, 5) is 22.4. The molecule has 1 amide bonds. The number of carbonyl (C=O) groups excluding carboxylic acids is 1. The van der Waals surface area contributed by atoms with Crippen LogP contribution in [-0.2, 0) is 11.2 Å². The standard InChI is InChI=1S/C8H10BNO3S/c9-8(13)10-6(7(11)12)4-5-2-1-3-14-5/h1-3,6H,4,9H2,(H,10,13)(H,11,12)/t6-/m1/s1. The van der Waals surface area contributed by atoms with Crippen molar-refractivity contribution in [2.75, 3.05) is 0 Å². The normalized spacial score (nSPS) is 12.0. The van der Waals surface area contributed by atoms with Crippen molar-refractivity contribution in [3.8, 4) is 0 Å². The highest BCUT2D eigenvalue weighted by Crippen LogP contribution is 2.11. The smallest absolute Gasteiger partial charge is 0.326 e. The molecule has 14 heavy (non-hydrogen) atoms. The third kappa shape index (κ3) is 3.22. The molecule has 0 radical (unpaired) electrons. The Hall–Kier alpha value is -1.30. The van der Waals surface area contributed by atoms with E-state index in [0.29, 0.717) is 6.42 Å². The highest BCUT2D eigenvalue weighted by atomic mass is 32.1. The maximum absolute atomic E-state index is 10.8. The fourth-order valence-corrected chi connectivity index (χ4v) is 1.83. The number of amides is 1. The number of carboxylic acids is 1. The highest BCUT2D eigenvalue weighted by Gasteiger charge is 2.18. The molecular weight excluding hydrogens is 201 g/mol. The van der Waals surface area contributed by atoms with Gasteiger partial charge in [-0.2, -0.15) is 0 Å². The van der Waals surface area contributed by atoms with Crippen LogP contribution in [0.15, 0.2) is 17.5 Å². The van der Waals surface area contributed by atoms with Gasteiger partial charge in [0, 0.05) is 11.3 Å². The molecule has 0 fully saturated rings. The number of carbonyl (C=O) groups is 2. The number of rotatable bonds is 4. The lowest BCUT2D eigenvalue weighted by Gasteiger charge is -2.11. The van der Waals surface area contributed by atoms with Crippen molar-refractivity contribution in [2.24, 2.45) is 0 Å². The average Bonchev–Trinajstić information content (AvgIpc) is 2.54. The first-order valence-electron chi connectivity index (χ1n) is 4.12. The number of aliphatic carboxylic acids is 1. The van der Waals surface area contributed by atoms with Gasteiger partial charge in [0.05, 0.1) is 0 Å². The third-order valence-corrected chi connectivity index (χ3v) is 2.56. The molecule has 0 aliphatic carbocycles. The molecule has 6 heteroatoms. The van der Waals surface area contributed by atoms with Crippen LogP contribution in [0.2, 0.25) is 0 Å². The Morgan fingerprint density at radius 2 is 2.36 bits per heavy atom. The van der Waals surface area contributed by atoms with Crippen LogP contribution in [-0.4, -0.2) is 30.8 Å². The zero-order chi connectivity index (χ0) is 10.6. The molecule has 0 bridgehead atoms. The Morgan fingerprint density at radius 3 is 2.79 bits per heavy atom. The van der Waals surface area contributed by atoms with E-state index in [2.05, 4.69) is 5.32 Å². The molecule has 74 valence electrons. The van der Waals surface area contributed by atoms with E-state index in [9.17, 15) is 9.59 Å². The summed E-state index contributed by atoms with van der Waals surface area (Å²) in [7, 11) is 1.31. The van der Waals surface area contributed by atoms with Crippen molar-refractivity contribution in [3.05, 3.63) is 22.4 Å². The van der Waals surface area contributed by atoms with E-state index < -0.39 is 12.0 Å². The van der Waals surface area contributed by atoms with Crippen molar-refractivity contribution in [1.29, 1.82) is 0 Å². The fraction of sp³-hybridized carbons (Fsp3) is 0.250. The van der Waals surface area contributed by atoms with E-state index in [1.165, 1.54) is 19.2 Å². The summed E-state index contributed by atoms with van der Waals surface area (Å²) in [6, 6.07) is 2.88. The Balaban J connectivity index is 2.60. The Kier molecular flexibility index (Phi) is 3.70. The molecule has 0 saturated carbocycles. The summed E-state index contributed by atoms with van der Waals surface area (Å²) in [5.74, 6) is -1.33. The van der Waals surface area contributed by atoms with Crippen LogP contribution < -0.4 is 5.32 Å². The fourth-order valence-electron chi connectivity index (χ4n) is 1.08. The molecule has 1 rings (SSSR count). The number of thiophene rings is 1. The Labute approximate surface area is 86.4 Å². The van der Waals surface area contributed by atoms with E-state index in [1.54, 1.807) is 0 Å². The molecule has 0 aliphatic rings. The third-order valence-electron chi connectivity index (χ3n) is 1.66. The minimum Gasteiger partial charge on any atom is -0.480 e. The van der Waals surface area contributed by atoms with Gasteiger partial charge in [0.25, 0.3) is 0 Å². The molecule has 0 aromatic carbocycles. The first-order chi connectivity index (χ1) is 6.59. The van der Waals surface area contributed by atoms with Crippen LogP contribution in [0.3, 0.4) is 0 Å². The average molecular weight is 211 g/mol. The van der Waals surface area contributed by atoms with E-state index in [-0.39, 0.29) is 5.81 Å². The summed E-state index contributed by atoms with van der Waals surface area (Å²) >= 11 is 1.48. The number of nitrogens with one attached hydrogen (secondary N) is 1. The van der Waals surface area contributed by atoms with Gasteiger partial charge in [-0.1, -0.05) is 6.07 Å². The molecule has 0 unspecified atom stereocenters. The monoisotopic (exact) mass is 211 g/mol. The van der Waals surface area contributed by atoms with Gasteiger partial charge in [-0.3, -0.25) is 4.79 Å². The van der Waals surface area contributed by atoms with Crippen molar-refractivity contribution >= 4 is 31.0 Å². The van der Waals surface area contributed by atoms with E-state index in [4.69, 9.17) is 5.11 Å². The van der Waals surface area contributed by atoms with Gasteiger partial charge in [-0.05, 0) is 11.4 Å². The van der Waals surface area contributed by atoms with Gasteiger partial charge < -0.3 is 10.4 Å². The Bertz CT molecular complexity index is 325. The van der Waals surface area contributed by atoms with Crippen LogP contribution >= 0.6 is 11.3 Å². The molecule has 4 nitrogen and oxygen atoms in total. The predicted octanol–water partition coefficient (Wildman–Crippen LogP) is 0.0865. The minimum absolute atomic E-state index is 0.325. The van der Waals surface area contributed by atoms with Gasteiger partial charge >= 0.3 is 5.97 Å². The molecule has 1 aromatic rings. The van der Waals surface area contributed by atoms with Crippen molar-refractivity contribution in [2.45, 2.75) is 12.5 Å². The van der Waals surface area contributed by atoms with Gasteiger partial charge in [-0.15, -0.1) is 11.3 Å². The second-order valence-corrected chi connectivity index (χ2v) is 3.91. The topological polar surface area (TPSA) is 66.4 Å². The van der Waals surface area contributed by atoms with E-state index >= 15 is 0 Å². The second kappa shape index (κ2) is 4.81. The number of hydrogen-bond acceptors (Lipinski definition) is 3. The maximum atomic E-state index is 10.8. The van der Waals surface area contributed by atoms with E-state index in [1.807, 2.05) is 17.5 Å². The van der Waals surface area contributed by atoms with Crippen molar-refractivity contribution in [3.63, 3.8) is 0 Å². The van der Waals surface area contributed by atoms with Crippen LogP contribution in [0.25, 0.3) is 0 Å². The lowest BCUT2D eigenvalue weighted by molar-refractivity contribution is -0.139. The van der Waals surface area contributed by atoms with Crippen LogP contribution in [0.4, 0.5) is 4.79 Å². The Morgan fingerprint density at radius 1 is 1.64 bits per heavy atom. The molecule has 0 aliphatic heterocycles. The second-order valence-electron chi connectivity index (χ2n) is 2.87. The summed E-state index contributed by atoms with van der Waals surface area (Å²) in [6.07, 6.45) is 0.340. The summed E-state index contributed by atoms with van der Waals surface area (Å²) < 4.78 is 0. The van der Waals surface area contributed by atoms with Gasteiger partial charge in [0.15, 0.2) is 5.81 Å². The van der Waals surface area contributed by atoms with Gasteiger partial charge in [0.1, 0.15) is 6.04 Å². The lowest BCUT2D eigenvalue weighted by atomic mass is 10.1. The summed E-state index contributed by atoms with van der Waals surface area (Å²) in [5, 5.41) is 13.1. The molecule has 1 heterocycles. The number of hydrogen-bond donors (Lipinski definition) is 2. The zero-order valence-corrected chi connectivity index (χ0v) is 8.50. The quantitative estimate of drug-likeness (QED) is 0.693. The molecule has 0 saturated heterocycles. The highest BCUT2D eigenvalue weighted by molar-refractivity contribution is 7.09. The molecule has 1 atom stereocenters. The summed E-state index contributed by atoms with van der Waals surface area (Å²) in [6.45, 7) is 0. The van der Waals surface area contributed by atoms with Crippen LogP contribution in [0.5, 0.6) is 0 Å². The molecule has 0 spiro atoms. The molecule has 1 aromatic heterocycles. The van der Waals surface area contributed by atoms with Crippen molar-refractivity contribution in [1.82, 2.24) is 5.32 Å². The maximum Gasteiger partial charge on any atom is 0.326 e. The zero-order valence-electron chi connectivity index (χ0n) is 7.69.